The van der Waals surface area contributed by atoms with E-state index in [9.17, 15) is 9.59 Å². The van der Waals surface area contributed by atoms with Crippen molar-refractivity contribution >= 4 is 11.8 Å². The Balaban J connectivity index is 2.15. The minimum Gasteiger partial charge on any atom is -0.384 e. The van der Waals surface area contributed by atoms with E-state index in [2.05, 4.69) is 22.5 Å². The predicted octanol–water partition coefficient (Wildman–Crippen LogP) is 1.37. The maximum absolute atomic E-state index is 12.1. The van der Waals surface area contributed by atoms with E-state index in [4.69, 9.17) is 0 Å². The fraction of sp³-hybridized carbons (Fsp3) is 0.625. The number of hydrogen-bond donors (Lipinski definition) is 3. The van der Waals surface area contributed by atoms with E-state index in [-0.39, 0.29) is 17.9 Å². The molecule has 0 radical (unpaired) electrons. The average molecular weight is 291 g/mol. The molecule has 2 aliphatic rings. The molecule has 0 aromatic rings. The van der Waals surface area contributed by atoms with Crippen molar-refractivity contribution in [2.75, 3.05) is 6.54 Å². The first kappa shape index (κ1) is 15.6. The Morgan fingerprint density at radius 3 is 2.76 bits per heavy atom. The van der Waals surface area contributed by atoms with Crippen LogP contribution in [0.5, 0.6) is 0 Å². The van der Waals surface area contributed by atoms with Gasteiger partial charge < -0.3 is 16.0 Å². The van der Waals surface area contributed by atoms with Gasteiger partial charge in [-0.25, -0.2) is 0 Å². The fourth-order valence-corrected chi connectivity index (χ4v) is 3.15. The lowest BCUT2D eigenvalue weighted by Crippen LogP contribution is -2.39. The zero-order valence-electron chi connectivity index (χ0n) is 12.7. The summed E-state index contributed by atoms with van der Waals surface area (Å²) in [6.45, 7) is 5.71. The van der Waals surface area contributed by atoms with Crippen LogP contribution in [-0.4, -0.2) is 30.4 Å². The summed E-state index contributed by atoms with van der Waals surface area (Å²) in [5.41, 5.74) is 1.60. The Kier molecular flexibility index (Phi) is 5.42. The minimum atomic E-state index is -0.298. The van der Waals surface area contributed by atoms with Crippen molar-refractivity contribution in [2.24, 2.45) is 0 Å². The summed E-state index contributed by atoms with van der Waals surface area (Å²) < 4.78 is 0. The molecular formula is C16H25N3O2. The standard InChI is InChI=1S/C16H25N3O2/c1-3-7-13(18-11(2)20)15-14(10-17-16(15)21)19-12-8-5-4-6-9-12/h3,12-13,19H,1,4-10H2,2H3,(H,17,21)(H,18,20). The number of rotatable bonds is 6. The Labute approximate surface area is 126 Å². The Morgan fingerprint density at radius 1 is 1.43 bits per heavy atom. The molecule has 1 aliphatic carbocycles. The van der Waals surface area contributed by atoms with Gasteiger partial charge in [0.1, 0.15) is 0 Å². The summed E-state index contributed by atoms with van der Waals surface area (Å²) in [5.74, 6) is -0.222. The van der Waals surface area contributed by atoms with Crippen LogP contribution in [0.4, 0.5) is 0 Å². The van der Waals surface area contributed by atoms with Crippen LogP contribution < -0.4 is 16.0 Å². The first-order valence-corrected chi connectivity index (χ1v) is 7.77. The molecule has 21 heavy (non-hydrogen) atoms. The normalized spacial score (nSPS) is 20.9. The van der Waals surface area contributed by atoms with E-state index in [0.29, 0.717) is 24.6 Å². The second-order valence-corrected chi connectivity index (χ2v) is 5.83. The highest BCUT2D eigenvalue weighted by Crippen LogP contribution is 2.22. The van der Waals surface area contributed by atoms with Crippen LogP contribution in [0.15, 0.2) is 23.9 Å². The maximum atomic E-state index is 12.1. The van der Waals surface area contributed by atoms with Crippen molar-refractivity contribution in [3.8, 4) is 0 Å². The largest absolute Gasteiger partial charge is 0.384 e. The van der Waals surface area contributed by atoms with Crippen molar-refractivity contribution in [3.63, 3.8) is 0 Å². The average Bonchev–Trinajstić information content (AvgIpc) is 2.80. The number of carbonyl (C=O) groups is 2. The minimum absolute atomic E-state index is 0.0890. The molecule has 1 fully saturated rings. The molecule has 0 aromatic carbocycles. The second-order valence-electron chi connectivity index (χ2n) is 5.83. The zero-order chi connectivity index (χ0) is 15.2. The van der Waals surface area contributed by atoms with Gasteiger partial charge in [-0.2, -0.15) is 0 Å². The molecular weight excluding hydrogens is 266 g/mol. The Bertz CT molecular complexity index is 450. The molecule has 5 heteroatoms. The monoisotopic (exact) mass is 291 g/mol. The summed E-state index contributed by atoms with van der Waals surface area (Å²) in [5, 5.41) is 9.23. The molecule has 3 N–H and O–H groups in total. The van der Waals surface area contributed by atoms with Gasteiger partial charge in [0.2, 0.25) is 5.91 Å². The van der Waals surface area contributed by atoms with E-state index in [1.54, 1.807) is 6.08 Å². The van der Waals surface area contributed by atoms with Gasteiger partial charge in [-0.1, -0.05) is 25.3 Å². The molecule has 0 bridgehead atoms. The van der Waals surface area contributed by atoms with Gasteiger partial charge in [0.05, 0.1) is 18.2 Å². The molecule has 1 heterocycles. The topological polar surface area (TPSA) is 70.2 Å². The molecule has 1 unspecified atom stereocenters. The first-order valence-electron chi connectivity index (χ1n) is 7.77. The van der Waals surface area contributed by atoms with Crippen molar-refractivity contribution in [3.05, 3.63) is 23.9 Å². The number of nitrogens with one attached hydrogen (secondary N) is 3. The molecule has 0 saturated heterocycles. The number of amides is 2. The van der Waals surface area contributed by atoms with Gasteiger partial charge in [0.15, 0.2) is 0 Å². The lowest BCUT2D eigenvalue weighted by molar-refractivity contribution is -0.119. The molecule has 5 nitrogen and oxygen atoms in total. The van der Waals surface area contributed by atoms with Crippen LogP contribution in [0.1, 0.15) is 45.4 Å². The van der Waals surface area contributed by atoms with E-state index in [1.165, 1.54) is 26.2 Å². The van der Waals surface area contributed by atoms with Crippen LogP contribution in [-0.2, 0) is 9.59 Å². The summed E-state index contributed by atoms with van der Waals surface area (Å²) in [7, 11) is 0. The summed E-state index contributed by atoms with van der Waals surface area (Å²) in [6, 6.07) is 0.145. The quantitative estimate of drug-likeness (QED) is 0.647. The first-order chi connectivity index (χ1) is 10.1. The molecule has 1 saturated carbocycles. The third-order valence-corrected chi connectivity index (χ3v) is 4.11. The van der Waals surface area contributed by atoms with Crippen molar-refractivity contribution in [1.82, 2.24) is 16.0 Å². The summed E-state index contributed by atoms with van der Waals surface area (Å²) in [4.78, 5) is 23.5. The van der Waals surface area contributed by atoms with Gasteiger partial charge in [-0.15, -0.1) is 6.58 Å². The van der Waals surface area contributed by atoms with Gasteiger partial charge in [-0.05, 0) is 19.3 Å². The van der Waals surface area contributed by atoms with E-state index < -0.39 is 0 Å². The fourth-order valence-electron chi connectivity index (χ4n) is 3.15. The van der Waals surface area contributed by atoms with Crippen LogP contribution >= 0.6 is 0 Å². The highest BCUT2D eigenvalue weighted by atomic mass is 16.2. The van der Waals surface area contributed by atoms with Gasteiger partial charge in [-0.3, -0.25) is 9.59 Å². The summed E-state index contributed by atoms with van der Waals surface area (Å²) in [6.07, 6.45) is 8.36. The van der Waals surface area contributed by atoms with Crippen LogP contribution in [0.3, 0.4) is 0 Å². The molecule has 1 aliphatic heterocycles. The maximum Gasteiger partial charge on any atom is 0.251 e. The molecule has 1 atom stereocenters. The summed E-state index contributed by atoms with van der Waals surface area (Å²) >= 11 is 0. The smallest absolute Gasteiger partial charge is 0.251 e. The van der Waals surface area contributed by atoms with Gasteiger partial charge in [0.25, 0.3) is 5.91 Å². The number of carbonyl (C=O) groups excluding carboxylic acids is 2. The van der Waals surface area contributed by atoms with E-state index >= 15 is 0 Å². The SMILES string of the molecule is C=CCC(NC(C)=O)C1=C(NC2CCCCC2)CNC1=O. The van der Waals surface area contributed by atoms with Crippen LogP contribution in [0.25, 0.3) is 0 Å². The van der Waals surface area contributed by atoms with E-state index in [1.807, 2.05) is 0 Å². The Morgan fingerprint density at radius 2 is 2.14 bits per heavy atom. The molecule has 116 valence electrons. The highest BCUT2D eigenvalue weighted by molar-refractivity contribution is 5.98. The molecule has 2 rings (SSSR count). The zero-order valence-corrected chi connectivity index (χ0v) is 12.7. The second kappa shape index (κ2) is 7.29. The third-order valence-electron chi connectivity index (χ3n) is 4.11. The number of hydrogen-bond acceptors (Lipinski definition) is 3. The highest BCUT2D eigenvalue weighted by Gasteiger charge is 2.30. The lowest BCUT2D eigenvalue weighted by Gasteiger charge is -2.26. The lowest BCUT2D eigenvalue weighted by atomic mass is 9.94. The van der Waals surface area contributed by atoms with Crippen molar-refractivity contribution in [1.29, 1.82) is 0 Å². The molecule has 0 spiro atoms. The van der Waals surface area contributed by atoms with Crippen LogP contribution in [0, 0.1) is 0 Å². The third kappa shape index (κ3) is 4.09. The van der Waals surface area contributed by atoms with Gasteiger partial charge in [0, 0.05) is 18.7 Å². The van der Waals surface area contributed by atoms with Crippen LogP contribution in [0.2, 0.25) is 0 Å². The van der Waals surface area contributed by atoms with E-state index in [0.717, 1.165) is 18.5 Å². The Hall–Kier alpha value is -1.78. The van der Waals surface area contributed by atoms with Crippen molar-refractivity contribution in [2.45, 2.75) is 57.5 Å². The van der Waals surface area contributed by atoms with Gasteiger partial charge >= 0.3 is 0 Å². The molecule has 2 amide bonds. The van der Waals surface area contributed by atoms with Crippen molar-refractivity contribution < 1.29 is 9.59 Å². The molecule has 0 aromatic heterocycles. The predicted molar refractivity (Wildman–Crippen MR) is 82.5 cm³/mol.